The van der Waals surface area contributed by atoms with Gasteiger partial charge in [-0.05, 0) is 42.0 Å². The van der Waals surface area contributed by atoms with Crippen molar-refractivity contribution in [1.29, 1.82) is 0 Å². The molecule has 1 atom stereocenters. The van der Waals surface area contributed by atoms with E-state index in [9.17, 15) is 13.2 Å². The Balaban J connectivity index is 0.00000253. The lowest BCUT2D eigenvalue weighted by molar-refractivity contribution is 0.0924. The van der Waals surface area contributed by atoms with Crippen LogP contribution >= 0.6 is 24.8 Å². The summed E-state index contributed by atoms with van der Waals surface area (Å²) in [5, 5.41) is 3.08. The first-order valence-electron chi connectivity index (χ1n) is 11.8. The molecule has 206 valence electrons. The number of hydrogen-bond donors (Lipinski definition) is 2. The van der Waals surface area contributed by atoms with Gasteiger partial charge < -0.3 is 15.0 Å². The summed E-state index contributed by atoms with van der Waals surface area (Å²) in [7, 11) is -1.70. The normalized spacial score (nSPS) is 15.5. The largest absolute Gasteiger partial charge is 0.497 e. The number of benzene rings is 3. The third-order valence-corrected chi connectivity index (χ3v) is 6.81. The summed E-state index contributed by atoms with van der Waals surface area (Å²) in [5.74, 6) is 0.622. The SMILES string of the molecule is COc1cccc(N2CCN(Cc3ccccc3)C(CNC(=O)c3ccc(NS(C)(=O)=O)cc3)C2)c1.Cl.Cl. The van der Waals surface area contributed by atoms with E-state index in [-0.39, 0.29) is 36.8 Å². The van der Waals surface area contributed by atoms with Crippen molar-refractivity contribution in [3.63, 3.8) is 0 Å². The molecule has 1 heterocycles. The van der Waals surface area contributed by atoms with Gasteiger partial charge in [-0.25, -0.2) is 8.42 Å². The Bertz CT molecular complexity index is 1280. The number of halogens is 2. The molecule has 1 saturated heterocycles. The third kappa shape index (κ3) is 8.80. The Morgan fingerprint density at radius 2 is 1.68 bits per heavy atom. The molecule has 38 heavy (non-hydrogen) atoms. The highest BCUT2D eigenvalue weighted by Gasteiger charge is 2.28. The van der Waals surface area contributed by atoms with E-state index in [2.05, 4.69) is 38.0 Å². The number of piperazine rings is 1. The second-order valence-electron chi connectivity index (χ2n) is 8.92. The maximum atomic E-state index is 12.9. The maximum absolute atomic E-state index is 12.9. The molecule has 0 radical (unpaired) electrons. The summed E-state index contributed by atoms with van der Waals surface area (Å²) in [5.41, 5.74) is 3.23. The molecular weight excluding hydrogens is 547 g/mol. The summed E-state index contributed by atoms with van der Waals surface area (Å²) in [6.07, 6.45) is 1.09. The fourth-order valence-corrected chi connectivity index (χ4v) is 4.93. The van der Waals surface area contributed by atoms with Gasteiger partial charge in [0.1, 0.15) is 5.75 Å². The van der Waals surface area contributed by atoms with E-state index in [1.807, 2.05) is 36.4 Å². The van der Waals surface area contributed by atoms with Crippen LogP contribution in [0.25, 0.3) is 0 Å². The molecule has 3 aromatic rings. The summed E-state index contributed by atoms with van der Waals surface area (Å²) < 4.78 is 30.6. The lowest BCUT2D eigenvalue weighted by Crippen LogP contribution is -2.56. The topological polar surface area (TPSA) is 91.0 Å². The number of methoxy groups -OCH3 is 1. The smallest absolute Gasteiger partial charge is 0.251 e. The predicted octanol–water partition coefficient (Wildman–Crippen LogP) is 4.03. The highest BCUT2D eigenvalue weighted by Crippen LogP contribution is 2.24. The predicted molar refractivity (Wildman–Crippen MR) is 158 cm³/mol. The van der Waals surface area contributed by atoms with Crippen molar-refractivity contribution < 1.29 is 17.9 Å². The van der Waals surface area contributed by atoms with Crippen LogP contribution in [0.2, 0.25) is 0 Å². The third-order valence-electron chi connectivity index (χ3n) is 6.20. The molecule has 0 spiro atoms. The average molecular weight is 582 g/mol. The highest BCUT2D eigenvalue weighted by molar-refractivity contribution is 7.92. The standard InChI is InChI=1S/C27H32N4O4S.2ClH/c1-35-26-10-6-9-24(17-26)31-16-15-30(19-21-7-4-3-5-8-21)25(20-31)18-28-27(32)22-11-13-23(14-12-22)29-36(2,33)34;;/h3-14,17,25,29H,15-16,18-20H2,1-2H3,(H,28,32);2*1H. The molecule has 4 rings (SSSR count). The first-order valence-corrected chi connectivity index (χ1v) is 13.7. The number of carbonyl (C=O) groups excluding carboxylic acids is 1. The number of rotatable bonds is 9. The van der Waals surface area contributed by atoms with Crippen LogP contribution in [0.4, 0.5) is 11.4 Å². The molecule has 1 aliphatic heterocycles. The number of carbonyl (C=O) groups is 1. The highest BCUT2D eigenvalue weighted by atomic mass is 35.5. The summed E-state index contributed by atoms with van der Waals surface area (Å²) in [4.78, 5) is 17.6. The van der Waals surface area contributed by atoms with Crippen LogP contribution in [-0.2, 0) is 16.6 Å². The zero-order valence-electron chi connectivity index (χ0n) is 21.4. The molecule has 1 fully saturated rings. The van der Waals surface area contributed by atoms with Crippen LogP contribution in [0, 0.1) is 0 Å². The van der Waals surface area contributed by atoms with Gasteiger partial charge in [0, 0.05) is 61.8 Å². The fourth-order valence-electron chi connectivity index (χ4n) is 4.37. The van der Waals surface area contributed by atoms with Crippen LogP contribution in [-0.4, -0.2) is 64.8 Å². The Labute approximate surface area is 237 Å². The van der Waals surface area contributed by atoms with Crippen molar-refractivity contribution in [3.8, 4) is 5.75 Å². The molecule has 0 aromatic heterocycles. The van der Waals surface area contributed by atoms with Gasteiger partial charge in [0.25, 0.3) is 5.91 Å². The zero-order valence-corrected chi connectivity index (χ0v) is 23.8. The Morgan fingerprint density at radius 3 is 2.34 bits per heavy atom. The van der Waals surface area contributed by atoms with Gasteiger partial charge in [0.15, 0.2) is 0 Å². The first-order chi connectivity index (χ1) is 17.3. The van der Waals surface area contributed by atoms with Gasteiger partial charge in [-0.1, -0.05) is 36.4 Å². The minimum Gasteiger partial charge on any atom is -0.497 e. The molecular formula is C27H34Cl2N4O4S. The van der Waals surface area contributed by atoms with E-state index in [1.54, 1.807) is 31.4 Å². The monoisotopic (exact) mass is 580 g/mol. The summed E-state index contributed by atoms with van der Waals surface area (Å²) in [6.45, 7) is 3.78. The first kappa shape index (κ1) is 31.2. The average Bonchev–Trinajstić information content (AvgIpc) is 2.88. The van der Waals surface area contributed by atoms with Crippen molar-refractivity contribution in [2.75, 3.05) is 49.2 Å². The van der Waals surface area contributed by atoms with Gasteiger partial charge >= 0.3 is 0 Å². The van der Waals surface area contributed by atoms with Crippen LogP contribution in [0.15, 0.2) is 78.9 Å². The number of sulfonamides is 1. The van der Waals surface area contributed by atoms with E-state index in [1.165, 1.54) is 5.56 Å². The van der Waals surface area contributed by atoms with E-state index >= 15 is 0 Å². The van der Waals surface area contributed by atoms with Crippen molar-refractivity contribution in [1.82, 2.24) is 10.2 Å². The molecule has 0 saturated carbocycles. The number of anilines is 2. The van der Waals surface area contributed by atoms with Crippen molar-refractivity contribution >= 4 is 52.1 Å². The molecule has 2 N–H and O–H groups in total. The number of nitrogens with zero attached hydrogens (tertiary/aromatic N) is 2. The van der Waals surface area contributed by atoms with Gasteiger partial charge in [0.2, 0.25) is 10.0 Å². The lowest BCUT2D eigenvalue weighted by Gasteiger charge is -2.42. The molecule has 1 unspecified atom stereocenters. The summed E-state index contributed by atoms with van der Waals surface area (Å²) in [6, 6.07) is 24.9. The Morgan fingerprint density at radius 1 is 0.974 bits per heavy atom. The molecule has 0 aliphatic carbocycles. The lowest BCUT2D eigenvalue weighted by atomic mass is 10.1. The molecule has 11 heteroatoms. The van der Waals surface area contributed by atoms with Crippen molar-refractivity contribution in [2.45, 2.75) is 12.6 Å². The van der Waals surface area contributed by atoms with E-state index in [0.29, 0.717) is 17.8 Å². The van der Waals surface area contributed by atoms with Gasteiger partial charge in [-0.3, -0.25) is 14.4 Å². The Hall–Kier alpha value is -2.98. The molecule has 1 aliphatic rings. The zero-order chi connectivity index (χ0) is 25.5. The summed E-state index contributed by atoms with van der Waals surface area (Å²) >= 11 is 0. The second kappa shape index (κ2) is 14.2. The van der Waals surface area contributed by atoms with Gasteiger partial charge in [-0.15, -0.1) is 24.8 Å². The molecule has 1 amide bonds. The van der Waals surface area contributed by atoms with Crippen molar-refractivity contribution in [2.24, 2.45) is 0 Å². The van der Waals surface area contributed by atoms with E-state index in [4.69, 9.17) is 4.74 Å². The Kier molecular flexibility index (Phi) is 11.7. The number of nitrogens with one attached hydrogen (secondary N) is 2. The number of ether oxygens (including phenoxy) is 1. The van der Waals surface area contributed by atoms with Crippen LogP contribution in [0.3, 0.4) is 0 Å². The van der Waals surface area contributed by atoms with Gasteiger partial charge in [0.05, 0.1) is 13.4 Å². The van der Waals surface area contributed by atoms with Crippen LogP contribution in [0.5, 0.6) is 5.75 Å². The maximum Gasteiger partial charge on any atom is 0.251 e. The minimum atomic E-state index is -3.37. The minimum absolute atomic E-state index is 0. The van der Waals surface area contributed by atoms with Gasteiger partial charge in [-0.2, -0.15) is 0 Å². The molecule has 8 nitrogen and oxygen atoms in total. The number of hydrogen-bond acceptors (Lipinski definition) is 6. The quantitative estimate of drug-likeness (QED) is 0.397. The second-order valence-corrected chi connectivity index (χ2v) is 10.7. The van der Waals surface area contributed by atoms with E-state index < -0.39 is 10.0 Å². The van der Waals surface area contributed by atoms with Crippen LogP contribution < -0.4 is 19.7 Å². The molecule has 0 bridgehead atoms. The van der Waals surface area contributed by atoms with Crippen molar-refractivity contribution in [3.05, 3.63) is 90.0 Å². The number of amides is 1. The van der Waals surface area contributed by atoms with Crippen LogP contribution in [0.1, 0.15) is 15.9 Å². The fraction of sp³-hybridized carbons (Fsp3) is 0.296. The van der Waals surface area contributed by atoms with E-state index in [0.717, 1.165) is 43.9 Å². The molecule has 3 aromatic carbocycles.